The Kier molecular flexibility index (Phi) is 4.74. The molecule has 1 aromatic carbocycles. The molecule has 0 saturated carbocycles. The molecule has 0 amide bonds. The third-order valence-corrected chi connectivity index (χ3v) is 7.40. The molecule has 1 saturated heterocycles. The maximum absolute atomic E-state index is 12.3. The lowest BCUT2D eigenvalue weighted by Gasteiger charge is -2.15. The van der Waals surface area contributed by atoms with Crippen molar-refractivity contribution in [3.05, 3.63) is 28.8 Å². The lowest BCUT2D eigenvalue weighted by molar-refractivity contribution is 0.0696. The number of carboxylic acid groups (broad SMARTS) is 1. The van der Waals surface area contributed by atoms with Crippen LogP contribution in [0.3, 0.4) is 0 Å². The van der Waals surface area contributed by atoms with Gasteiger partial charge in [0.2, 0.25) is 10.0 Å². The molecular weight excluding hydrogens is 377 g/mol. The quantitative estimate of drug-likeness (QED) is 0.734. The number of halogens is 2. The Labute approximate surface area is 137 Å². The van der Waals surface area contributed by atoms with Crippen LogP contribution in [0.1, 0.15) is 10.4 Å². The van der Waals surface area contributed by atoms with Gasteiger partial charge < -0.3 is 5.11 Å². The standard InChI is InChI=1S/C11H11Cl2NO6S2/c12-7-2-1-6(11(15)16)3-10(7)22(19,20)14-9-5-21(17,18)4-8(9)13/h1-3,8-9,14H,4-5H2,(H,15,16)/t8-,9-/m0/s1. The molecule has 1 aromatic rings. The van der Waals surface area contributed by atoms with E-state index in [4.69, 9.17) is 28.3 Å². The van der Waals surface area contributed by atoms with Crippen molar-refractivity contribution in [1.82, 2.24) is 4.72 Å². The number of sulfonamides is 1. The molecule has 2 rings (SSSR count). The molecular formula is C11H11Cl2NO6S2. The van der Waals surface area contributed by atoms with Gasteiger partial charge in [0.25, 0.3) is 0 Å². The average Bonchev–Trinajstić information content (AvgIpc) is 2.61. The molecule has 2 N–H and O–H groups in total. The number of carbonyl (C=O) groups is 1. The van der Waals surface area contributed by atoms with Crippen LogP contribution < -0.4 is 4.72 Å². The predicted octanol–water partition coefficient (Wildman–Crippen LogP) is 0.721. The highest BCUT2D eigenvalue weighted by molar-refractivity contribution is 7.92. The van der Waals surface area contributed by atoms with E-state index < -0.39 is 47.9 Å². The maximum atomic E-state index is 12.3. The van der Waals surface area contributed by atoms with Gasteiger partial charge >= 0.3 is 5.97 Å². The first-order valence-electron chi connectivity index (χ1n) is 5.91. The number of hydrogen-bond acceptors (Lipinski definition) is 5. The summed E-state index contributed by atoms with van der Waals surface area (Å²) in [5.74, 6) is -2.06. The van der Waals surface area contributed by atoms with Crippen molar-refractivity contribution in [1.29, 1.82) is 0 Å². The van der Waals surface area contributed by atoms with E-state index in [9.17, 15) is 21.6 Å². The highest BCUT2D eigenvalue weighted by Crippen LogP contribution is 2.25. The summed E-state index contributed by atoms with van der Waals surface area (Å²) in [6.45, 7) is 0. The van der Waals surface area contributed by atoms with E-state index in [2.05, 4.69) is 4.72 Å². The molecule has 1 fully saturated rings. The smallest absolute Gasteiger partial charge is 0.335 e. The molecule has 1 heterocycles. The zero-order valence-electron chi connectivity index (χ0n) is 10.9. The number of hydrogen-bond donors (Lipinski definition) is 2. The van der Waals surface area contributed by atoms with Crippen LogP contribution in [0.4, 0.5) is 0 Å². The highest BCUT2D eigenvalue weighted by Gasteiger charge is 2.39. The van der Waals surface area contributed by atoms with Crippen LogP contribution in [0.25, 0.3) is 0 Å². The van der Waals surface area contributed by atoms with Crippen molar-refractivity contribution >= 4 is 49.0 Å². The molecule has 11 heteroatoms. The number of rotatable bonds is 4. The zero-order valence-corrected chi connectivity index (χ0v) is 14.0. The number of nitrogens with one attached hydrogen (secondary N) is 1. The lowest BCUT2D eigenvalue weighted by Crippen LogP contribution is -2.40. The number of aromatic carboxylic acids is 1. The van der Waals surface area contributed by atoms with E-state index in [1.807, 2.05) is 0 Å². The highest BCUT2D eigenvalue weighted by atomic mass is 35.5. The van der Waals surface area contributed by atoms with Gasteiger partial charge in [0, 0.05) is 0 Å². The second kappa shape index (κ2) is 5.97. The molecule has 0 aliphatic carbocycles. The number of sulfone groups is 1. The van der Waals surface area contributed by atoms with E-state index in [1.54, 1.807) is 0 Å². The van der Waals surface area contributed by atoms with Crippen LogP contribution in [0, 0.1) is 0 Å². The largest absolute Gasteiger partial charge is 0.478 e. The fourth-order valence-corrected chi connectivity index (χ4v) is 6.55. The van der Waals surface area contributed by atoms with Crippen molar-refractivity contribution in [3.63, 3.8) is 0 Å². The molecule has 0 spiro atoms. The third kappa shape index (κ3) is 3.72. The van der Waals surface area contributed by atoms with Gasteiger partial charge in [-0.05, 0) is 18.2 Å². The fraction of sp³-hybridized carbons (Fsp3) is 0.364. The van der Waals surface area contributed by atoms with Gasteiger partial charge in [0.1, 0.15) is 4.90 Å². The molecule has 122 valence electrons. The third-order valence-electron chi connectivity index (χ3n) is 3.06. The maximum Gasteiger partial charge on any atom is 0.335 e. The first-order valence-corrected chi connectivity index (χ1v) is 10.0. The predicted molar refractivity (Wildman–Crippen MR) is 80.8 cm³/mol. The van der Waals surface area contributed by atoms with Crippen LogP contribution >= 0.6 is 23.2 Å². The summed E-state index contributed by atoms with van der Waals surface area (Å²) in [6, 6.07) is 2.21. The van der Waals surface area contributed by atoms with E-state index in [-0.39, 0.29) is 16.3 Å². The van der Waals surface area contributed by atoms with Gasteiger partial charge in [0.05, 0.1) is 33.5 Å². The summed E-state index contributed by atoms with van der Waals surface area (Å²) in [4.78, 5) is 10.5. The monoisotopic (exact) mass is 387 g/mol. The van der Waals surface area contributed by atoms with Gasteiger partial charge in [-0.3, -0.25) is 0 Å². The van der Waals surface area contributed by atoms with Gasteiger partial charge in [0.15, 0.2) is 9.84 Å². The van der Waals surface area contributed by atoms with Crippen LogP contribution in [0.5, 0.6) is 0 Å². The Hall–Kier alpha value is -0.870. The number of benzene rings is 1. The van der Waals surface area contributed by atoms with Crippen molar-refractivity contribution in [2.45, 2.75) is 16.3 Å². The van der Waals surface area contributed by atoms with Crippen LogP contribution in [0.15, 0.2) is 23.1 Å². The van der Waals surface area contributed by atoms with Crippen molar-refractivity contribution < 1.29 is 26.7 Å². The normalized spacial score (nSPS) is 24.3. The summed E-state index contributed by atoms with van der Waals surface area (Å²) in [7, 11) is -7.62. The van der Waals surface area contributed by atoms with Crippen LogP contribution in [-0.2, 0) is 19.9 Å². The van der Waals surface area contributed by atoms with Crippen molar-refractivity contribution in [2.24, 2.45) is 0 Å². The number of alkyl halides is 1. The van der Waals surface area contributed by atoms with Gasteiger partial charge in [-0.15, -0.1) is 11.6 Å². The zero-order chi connectivity index (χ0) is 16.7. The van der Waals surface area contributed by atoms with Crippen molar-refractivity contribution in [3.8, 4) is 0 Å². The van der Waals surface area contributed by atoms with Gasteiger partial charge in [-0.1, -0.05) is 11.6 Å². The first-order chi connectivity index (χ1) is 10.0. The molecule has 7 nitrogen and oxygen atoms in total. The Morgan fingerprint density at radius 1 is 1.32 bits per heavy atom. The summed E-state index contributed by atoms with van der Waals surface area (Å²) in [5.41, 5.74) is -0.258. The first kappa shape index (κ1) is 17.5. The molecule has 0 unspecified atom stereocenters. The molecule has 1 aliphatic rings. The summed E-state index contributed by atoms with van der Waals surface area (Å²) < 4.78 is 49.7. The van der Waals surface area contributed by atoms with E-state index in [0.717, 1.165) is 18.2 Å². The summed E-state index contributed by atoms with van der Waals surface area (Å²) in [5, 5.41) is 7.82. The minimum absolute atomic E-state index is 0.176. The molecule has 0 bridgehead atoms. The lowest BCUT2D eigenvalue weighted by atomic mass is 10.2. The average molecular weight is 388 g/mol. The van der Waals surface area contributed by atoms with Gasteiger partial charge in [-0.2, -0.15) is 0 Å². The van der Waals surface area contributed by atoms with E-state index in [0.29, 0.717) is 0 Å². The van der Waals surface area contributed by atoms with Crippen LogP contribution in [-0.4, -0.2) is 50.8 Å². The van der Waals surface area contributed by atoms with Crippen molar-refractivity contribution in [2.75, 3.05) is 11.5 Å². The number of carboxylic acids is 1. The molecule has 0 radical (unpaired) electrons. The fourth-order valence-electron chi connectivity index (χ4n) is 2.02. The van der Waals surface area contributed by atoms with Crippen LogP contribution in [0.2, 0.25) is 5.02 Å². The minimum Gasteiger partial charge on any atom is -0.478 e. The Bertz CT molecular complexity index is 821. The SMILES string of the molecule is O=C(O)c1ccc(Cl)c(S(=O)(=O)N[C@H]2CS(=O)(=O)C[C@@H]2Cl)c1. The topological polar surface area (TPSA) is 118 Å². The Balaban J connectivity index is 2.35. The van der Waals surface area contributed by atoms with E-state index in [1.165, 1.54) is 0 Å². The van der Waals surface area contributed by atoms with Gasteiger partial charge in [-0.25, -0.2) is 26.4 Å². The molecule has 0 aromatic heterocycles. The molecule has 22 heavy (non-hydrogen) atoms. The second-order valence-corrected chi connectivity index (χ2v) is 9.58. The summed E-state index contributed by atoms with van der Waals surface area (Å²) in [6.07, 6.45) is 0. The Morgan fingerprint density at radius 3 is 2.45 bits per heavy atom. The summed E-state index contributed by atoms with van der Waals surface area (Å²) >= 11 is 11.6. The second-order valence-electron chi connectivity index (χ2n) is 4.77. The minimum atomic E-state index is -4.21. The van der Waals surface area contributed by atoms with E-state index >= 15 is 0 Å². The molecule has 1 aliphatic heterocycles. The molecule has 2 atom stereocenters. The Morgan fingerprint density at radius 2 is 1.95 bits per heavy atom.